The summed E-state index contributed by atoms with van der Waals surface area (Å²) in [6.07, 6.45) is 3.14. The quantitative estimate of drug-likeness (QED) is 0.513. The molecule has 4 atom stereocenters. The molecule has 0 aromatic heterocycles. The van der Waals surface area contributed by atoms with Gasteiger partial charge in [-0.1, -0.05) is 57.5 Å². The third-order valence-corrected chi connectivity index (χ3v) is 6.30. The molecule has 0 fully saturated rings. The first-order chi connectivity index (χ1) is 14.2. The van der Waals surface area contributed by atoms with Gasteiger partial charge < -0.3 is 20.1 Å². The Bertz CT molecular complexity index is 720. The van der Waals surface area contributed by atoms with Gasteiger partial charge in [0.25, 0.3) is 0 Å². The van der Waals surface area contributed by atoms with Crippen LogP contribution in [0.25, 0.3) is 0 Å². The van der Waals surface area contributed by atoms with E-state index in [1.54, 1.807) is 0 Å². The summed E-state index contributed by atoms with van der Waals surface area (Å²) in [6.45, 7) is 8.39. The molecule has 0 amide bonds. The Hall–Kier alpha value is -1.69. The van der Waals surface area contributed by atoms with Crippen molar-refractivity contribution in [3.05, 3.63) is 47.0 Å². The lowest BCUT2D eigenvalue weighted by molar-refractivity contribution is -0.163. The zero-order chi connectivity index (χ0) is 22.3. The molecule has 0 radical (unpaired) electrons. The molecular weight excluding hydrogens is 380 g/mol. The van der Waals surface area contributed by atoms with Gasteiger partial charge in [-0.05, 0) is 54.7 Å². The van der Waals surface area contributed by atoms with Crippen molar-refractivity contribution in [1.82, 2.24) is 0 Å². The van der Waals surface area contributed by atoms with Crippen LogP contribution >= 0.6 is 0 Å². The van der Waals surface area contributed by atoms with Crippen molar-refractivity contribution < 1.29 is 24.9 Å². The highest BCUT2D eigenvalue weighted by atomic mass is 16.6. The number of benzene rings is 1. The van der Waals surface area contributed by atoms with Crippen molar-refractivity contribution in [1.29, 1.82) is 0 Å². The molecule has 2 bridgehead atoms. The minimum atomic E-state index is -1.60. The fourth-order valence-electron chi connectivity index (χ4n) is 4.04. The predicted molar refractivity (Wildman–Crippen MR) is 118 cm³/mol. The van der Waals surface area contributed by atoms with Gasteiger partial charge in [0.1, 0.15) is 6.10 Å². The second kappa shape index (κ2) is 11.1. The molecule has 1 aromatic rings. The van der Waals surface area contributed by atoms with E-state index in [4.69, 9.17) is 4.74 Å². The predicted octanol–water partition coefficient (Wildman–Crippen LogP) is 3.68. The Labute approximate surface area is 180 Å². The number of ether oxygens (including phenoxy) is 1. The minimum absolute atomic E-state index is 0.00898. The van der Waals surface area contributed by atoms with Gasteiger partial charge in [0.2, 0.25) is 0 Å². The zero-order valence-electron chi connectivity index (χ0n) is 18.8. The van der Waals surface area contributed by atoms with Crippen molar-refractivity contribution >= 4 is 5.97 Å². The number of aliphatic hydroxyl groups excluding tert-OH is 3. The first-order valence-electron chi connectivity index (χ1n) is 11.1. The molecule has 5 heteroatoms. The van der Waals surface area contributed by atoms with Crippen LogP contribution in [0.3, 0.4) is 0 Å². The Morgan fingerprint density at radius 3 is 2.70 bits per heavy atom. The maximum absolute atomic E-state index is 12.6. The molecule has 3 unspecified atom stereocenters. The lowest BCUT2D eigenvalue weighted by Gasteiger charge is -2.28. The summed E-state index contributed by atoms with van der Waals surface area (Å²) >= 11 is 0. The molecule has 0 saturated carbocycles. The van der Waals surface area contributed by atoms with E-state index in [9.17, 15) is 20.1 Å². The molecule has 0 saturated heterocycles. The van der Waals surface area contributed by atoms with E-state index in [1.165, 1.54) is 5.56 Å². The molecule has 30 heavy (non-hydrogen) atoms. The van der Waals surface area contributed by atoms with E-state index in [0.717, 1.165) is 36.8 Å². The maximum Gasteiger partial charge on any atom is 0.338 e. The summed E-state index contributed by atoms with van der Waals surface area (Å²) in [6, 6.07) is 8.03. The largest absolute Gasteiger partial charge is 0.456 e. The molecule has 2 rings (SSSR count). The highest BCUT2D eigenvalue weighted by molar-refractivity contribution is 5.75. The van der Waals surface area contributed by atoms with Crippen molar-refractivity contribution in [3.63, 3.8) is 0 Å². The molecule has 3 N–H and O–H groups in total. The summed E-state index contributed by atoms with van der Waals surface area (Å²) in [5, 5.41) is 30.3. The fourth-order valence-corrected chi connectivity index (χ4v) is 4.04. The Balaban J connectivity index is 2.29. The lowest BCUT2D eigenvalue weighted by atomic mass is 9.79. The average Bonchev–Trinajstić information content (AvgIpc) is 2.72. The molecule has 5 nitrogen and oxygen atoms in total. The molecule has 0 aliphatic carbocycles. The van der Waals surface area contributed by atoms with Crippen LogP contribution in [-0.4, -0.2) is 46.2 Å². The van der Waals surface area contributed by atoms with Crippen LogP contribution in [0.4, 0.5) is 0 Å². The van der Waals surface area contributed by atoms with Gasteiger partial charge in [0.05, 0.1) is 6.10 Å². The van der Waals surface area contributed by atoms with Crippen LogP contribution in [0, 0.1) is 5.92 Å². The smallest absolute Gasteiger partial charge is 0.338 e. The van der Waals surface area contributed by atoms with Gasteiger partial charge in [0, 0.05) is 18.9 Å². The van der Waals surface area contributed by atoms with E-state index < -0.39 is 24.3 Å². The van der Waals surface area contributed by atoms with Crippen molar-refractivity contribution in [3.8, 4) is 0 Å². The number of rotatable bonds is 4. The Kier molecular flexibility index (Phi) is 9.08. The van der Waals surface area contributed by atoms with Gasteiger partial charge >= 0.3 is 5.97 Å². The molecule has 168 valence electrons. The second-order valence-electron chi connectivity index (χ2n) is 9.23. The highest BCUT2D eigenvalue weighted by Gasteiger charge is 2.30. The minimum Gasteiger partial charge on any atom is -0.456 e. The van der Waals surface area contributed by atoms with E-state index in [0.29, 0.717) is 6.42 Å². The van der Waals surface area contributed by atoms with Crippen LogP contribution < -0.4 is 0 Å². The third kappa shape index (κ3) is 6.66. The number of cyclic esters (lactones) is 1. The molecular formula is C25H38O5. The SMILES string of the molecule is CCC(/C=C(/C)[C@@H]1CCCCC(C)(C)c2cccc(c2)CC(O)C(O)C(=O)O1)CO. The molecule has 0 spiro atoms. The maximum atomic E-state index is 12.6. The summed E-state index contributed by atoms with van der Waals surface area (Å²) < 4.78 is 5.64. The Morgan fingerprint density at radius 2 is 2.03 bits per heavy atom. The normalized spacial score (nSPS) is 27.1. The Morgan fingerprint density at radius 1 is 1.30 bits per heavy atom. The van der Waals surface area contributed by atoms with Gasteiger partial charge in [-0.2, -0.15) is 0 Å². The van der Waals surface area contributed by atoms with E-state index in [2.05, 4.69) is 26.0 Å². The summed E-state index contributed by atoms with van der Waals surface area (Å²) in [5.74, 6) is -0.790. The van der Waals surface area contributed by atoms with Crippen LogP contribution in [0.15, 0.2) is 35.9 Å². The molecule has 1 heterocycles. The standard InChI is InChI=1S/C25H38O5/c1-5-18(16-26)13-17(2)22-11-6-7-12-25(3,4)20-10-8-9-19(14-20)15-21(27)23(28)24(29)30-22/h8-10,13-14,18,21-23,26-28H,5-7,11-12,15-16H2,1-4H3/b17-13-/t18?,21?,22-,23?/m0/s1. The molecule has 1 aliphatic rings. The number of esters is 1. The van der Waals surface area contributed by atoms with Gasteiger partial charge in [0.15, 0.2) is 6.10 Å². The number of hydrogen-bond acceptors (Lipinski definition) is 5. The number of carbonyl (C=O) groups excluding carboxylic acids is 1. The van der Waals surface area contributed by atoms with Crippen LogP contribution in [0.1, 0.15) is 70.9 Å². The number of fused-ring (bicyclic) bond motifs is 2. The highest BCUT2D eigenvalue weighted by Crippen LogP contribution is 2.31. The van der Waals surface area contributed by atoms with Gasteiger partial charge in [-0.25, -0.2) is 4.79 Å². The average molecular weight is 419 g/mol. The van der Waals surface area contributed by atoms with Crippen molar-refractivity contribution in [2.24, 2.45) is 5.92 Å². The topological polar surface area (TPSA) is 87.0 Å². The first kappa shape index (κ1) is 24.6. The van der Waals surface area contributed by atoms with Gasteiger partial charge in [-0.15, -0.1) is 0 Å². The third-order valence-electron chi connectivity index (χ3n) is 6.30. The number of hydrogen-bond donors (Lipinski definition) is 3. The van der Waals surface area contributed by atoms with E-state index >= 15 is 0 Å². The van der Waals surface area contributed by atoms with E-state index in [-0.39, 0.29) is 24.4 Å². The zero-order valence-corrected chi connectivity index (χ0v) is 18.8. The van der Waals surface area contributed by atoms with Crippen LogP contribution in [0.5, 0.6) is 0 Å². The summed E-state index contributed by atoms with van der Waals surface area (Å²) in [4.78, 5) is 12.6. The van der Waals surface area contributed by atoms with E-state index in [1.807, 2.05) is 32.1 Å². The number of aliphatic hydroxyl groups is 3. The summed E-state index contributed by atoms with van der Waals surface area (Å²) in [5.41, 5.74) is 2.95. The molecule has 1 aliphatic heterocycles. The molecule has 1 aromatic carbocycles. The summed E-state index contributed by atoms with van der Waals surface area (Å²) in [7, 11) is 0. The monoisotopic (exact) mass is 418 g/mol. The van der Waals surface area contributed by atoms with Crippen molar-refractivity contribution in [2.45, 2.75) is 89.9 Å². The first-order valence-corrected chi connectivity index (χ1v) is 11.1. The fraction of sp³-hybridized carbons (Fsp3) is 0.640. The number of carbonyl (C=O) groups is 1. The lowest BCUT2D eigenvalue weighted by Crippen LogP contribution is -2.39. The van der Waals surface area contributed by atoms with Crippen molar-refractivity contribution in [2.75, 3.05) is 6.61 Å². The van der Waals surface area contributed by atoms with Crippen LogP contribution in [0.2, 0.25) is 0 Å². The second-order valence-corrected chi connectivity index (χ2v) is 9.23. The van der Waals surface area contributed by atoms with Crippen LogP contribution in [-0.2, 0) is 21.4 Å². The van der Waals surface area contributed by atoms with Gasteiger partial charge in [-0.3, -0.25) is 0 Å².